The van der Waals surface area contributed by atoms with E-state index < -0.39 is 0 Å². The summed E-state index contributed by atoms with van der Waals surface area (Å²) in [6.45, 7) is 9.62. The second kappa shape index (κ2) is 7.10. The molecule has 0 aliphatic carbocycles. The number of alkyl halides is 1. The van der Waals surface area contributed by atoms with Crippen LogP contribution in [0.3, 0.4) is 0 Å². The van der Waals surface area contributed by atoms with E-state index in [-0.39, 0.29) is 17.2 Å². The summed E-state index contributed by atoms with van der Waals surface area (Å²) < 4.78 is 0. The minimum absolute atomic E-state index is 0.0811. The van der Waals surface area contributed by atoms with Crippen LogP contribution >= 0.6 is 11.6 Å². The quantitative estimate of drug-likeness (QED) is 0.630. The molecule has 0 spiro atoms. The molecule has 2 unspecified atom stereocenters. The molecule has 2 atom stereocenters. The van der Waals surface area contributed by atoms with Crippen molar-refractivity contribution in [2.75, 3.05) is 13.1 Å². The van der Waals surface area contributed by atoms with Gasteiger partial charge in [0.25, 0.3) is 0 Å². The van der Waals surface area contributed by atoms with Gasteiger partial charge in [-0.25, -0.2) is 0 Å². The highest BCUT2D eigenvalue weighted by Crippen LogP contribution is 2.18. The van der Waals surface area contributed by atoms with Gasteiger partial charge in [-0.1, -0.05) is 20.3 Å². The zero-order chi connectivity index (χ0) is 11.1. The second-order valence-corrected chi connectivity index (χ2v) is 4.15. The molecule has 0 rings (SSSR count). The molecule has 0 aliphatic rings. The van der Waals surface area contributed by atoms with Gasteiger partial charge in [-0.2, -0.15) is 0 Å². The van der Waals surface area contributed by atoms with Gasteiger partial charge >= 0.3 is 0 Å². The summed E-state index contributed by atoms with van der Waals surface area (Å²) in [7, 11) is 0. The fourth-order valence-electron chi connectivity index (χ4n) is 1.55. The predicted octanol–water partition coefficient (Wildman–Crippen LogP) is 2.90. The molecule has 0 saturated carbocycles. The summed E-state index contributed by atoms with van der Waals surface area (Å²) in [5.74, 6) is 0.354. The number of carbonyl (C=O) groups excluding carboxylic acids is 1. The number of halogens is 1. The highest BCUT2D eigenvalue weighted by molar-refractivity contribution is 6.30. The highest BCUT2D eigenvalue weighted by Gasteiger charge is 2.25. The SMILES string of the molecule is CCCC(C)C(Cl)C(=O)N(CC)CC. The first kappa shape index (κ1) is 13.8. The van der Waals surface area contributed by atoms with Crippen molar-refractivity contribution in [3.8, 4) is 0 Å². The van der Waals surface area contributed by atoms with E-state index in [4.69, 9.17) is 11.6 Å². The van der Waals surface area contributed by atoms with Crippen LogP contribution in [0.15, 0.2) is 0 Å². The topological polar surface area (TPSA) is 20.3 Å². The minimum atomic E-state index is -0.352. The van der Waals surface area contributed by atoms with Crippen molar-refractivity contribution in [2.45, 2.75) is 45.9 Å². The van der Waals surface area contributed by atoms with Gasteiger partial charge in [0.05, 0.1) is 0 Å². The number of amides is 1. The third-order valence-corrected chi connectivity index (χ3v) is 3.17. The van der Waals surface area contributed by atoms with Crippen molar-refractivity contribution in [3.63, 3.8) is 0 Å². The molecule has 0 bridgehead atoms. The number of hydrogen-bond donors (Lipinski definition) is 0. The van der Waals surface area contributed by atoms with Gasteiger partial charge in [0.2, 0.25) is 5.91 Å². The van der Waals surface area contributed by atoms with Crippen molar-refractivity contribution in [1.82, 2.24) is 4.90 Å². The van der Waals surface area contributed by atoms with Crippen LogP contribution < -0.4 is 0 Å². The Morgan fingerprint density at radius 2 is 1.79 bits per heavy atom. The fraction of sp³-hybridized carbons (Fsp3) is 0.909. The summed E-state index contributed by atoms with van der Waals surface area (Å²) in [4.78, 5) is 13.6. The maximum atomic E-state index is 11.8. The lowest BCUT2D eigenvalue weighted by Crippen LogP contribution is -2.39. The number of hydrogen-bond acceptors (Lipinski definition) is 1. The van der Waals surface area contributed by atoms with E-state index >= 15 is 0 Å². The lowest BCUT2D eigenvalue weighted by molar-refractivity contribution is -0.131. The smallest absolute Gasteiger partial charge is 0.240 e. The summed E-state index contributed by atoms with van der Waals surface area (Å²) in [6.07, 6.45) is 2.09. The van der Waals surface area contributed by atoms with Crippen LogP contribution in [0.2, 0.25) is 0 Å². The van der Waals surface area contributed by atoms with Crippen LogP contribution in [0.25, 0.3) is 0 Å². The molecule has 0 aromatic rings. The van der Waals surface area contributed by atoms with E-state index in [1.54, 1.807) is 4.90 Å². The van der Waals surface area contributed by atoms with Gasteiger partial charge in [-0.3, -0.25) is 4.79 Å². The Balaban J connectivity index is 4.21. The molecule has 0 aromatic heterocycles. The standard InChI is InChI=1S/C11H22ClNO/c1-5-8-9(4)10(12)11(14)13(6-2)7-3/h9-10H,5-8H2,1-4H3. The predicted molar refractivity (Wildman–Crippen MR) is 61.6 cm³/mol. The monoisotopic (exact) mass is 219 g/mol. The summed E-state index contributed by atoms with van der Waals surface area (Å²) >= 11 is 6.12. The summed E-state index contributed by atoms with van der Waals surface area (Å²) in [5, 5.41) is -0.352. The molecule has 3 heteroatoms. The molecule has 84 valence electrons. The van der Waals surface area contributed by atoms with Crippen LogP contribution in [0.5, 0.6) is 0 Å². The normalized spacial score (nSPS) is 14.9. The van der Waals surface area contributed by atoms with Gasteiger partial charge in [0.1, 0.15) is 5.38 Å². The molecule has 2 nitrogen and oxygen atoms in total. The van der Waals surface area contributed by atoms with E-state index in [9.17, 15) is 4.79 Å². The molecule has 0 heterocycles. The Morgan fingerprint density at radius 3 is 2.14 bits per heavy atom. The zero-order valence-electron chi connectivity index (χ0n) is 9.72. The molecular weight excluding hydrogens is 198 g/mol. The van der Waals surface area contributed by atoms with Crippen molar-refractivity contribution in [2.24, 2.45) is 5.92 Å². The maximum absolute atomic E-state index is 11.8. The summed E-state index contributed by atoms with van der Waals surface area (Å²) in [5.41, 5.74) is 0. The second-order valence-electron chi connectivity index (χ2n) is 3.68. The van der Waals surface area contributed by atoms with E-state index in [0.29, 0.717) is 0 Å². The lowest BCUT2D eigenvalue weighted by Gasteiger charge is -2.24. The van der Waals surface area contributed by atoms with Gasteiger partial charge in [0.15, 0.2) is 0 Å². The molecule has 0 saturated heterocycles. The van der Waals surface area contributed by atoms with Crippen molar-refractivity contribution in [3.05, 3.63) is 0 Å². The van der Waals surface area contributed by atoms with Gasteiger partial charge in [0, 0.05) is 13.1 Å². The summed E-state index contributed by atoms with van der Waals surface area (Å²) in [6, 6.07) is 0. The van der Waals surface area contributed by atoms with E-state index in [0.717, 1.165) is 25.9 Å². The van der Waals surface area contributed by atoms with Crippen molar-refractivity contribution >= 4 is 17.5 Å². The highest BCUT2D eigenvalue weighted by atomic mass is 35.5. The van der Waals surface area contributed by atoms with Crippen molar-refractivity contribution < 1.29 is 4.79 Å². The molecule has 1 amide bonds. The fourth-order valence-corrected chi connectivity index (χ4v) is 1.82. The molecule has 0 radical (unpaired) electrons. The Labute approximate surface area is 92.6 Å². The zero-order valence-corrected chi connectivity index (χ0v) is 10.5. The molecule has 0 fully saturated rings. The largest absolute Gasteiger partial charge is 0.342 e. The Bertz CT molecular complexity index is 169. The van der Waals surface area contributed by atoms with E-state index in [2.05, 4.69) is 6.92 Å². The Kier molecular flexibility index (Phi) is 6.98. The molecule has 0 N–H and O–H groups in total. The average Bonchev–Trinajstić information content (AvgIpc) is 2.18. The molecular formula is C11H22ClNO. The van der Waals surface area contributed by atoms with Crippen LogP contribution in [-0.2, 0) is 4.79 Å². The Morgan fingerprint density at radius 1 is 1.29 bits per heavy atom. The molecule has 0 aromatic carbocycles. The Hall–Kier alpha value is -0.240. The minimum Gasteiger partial charge on any atom is -0.342 e. The number of rotatable bonds is 6. The van der Waals surface area contributed by atoms with Crippen molar-refractivity contribution in [1.29, 1.82) is 0 Å². The first-order chi connectivity index (χ1) is 6.58. The van der Waals surface area contributed by atoms with Gasteiger partial charge < -0.3 is 4.90 Å². The maximum Gasteiger partial charge on any atom is 0.240 e. The van der Waals surface area contributed by atoms with E-state index in [1.807, 2.05) is 20.8 Å². The number of carbonyl (C=O) groups is 1. The van der Waals surface area contributed by atoms with Gasteiger partial charge in [-0.05, 0) is 26.2 Å². The van der Waals surface area contributed by atoms with Crippen LogP contribution in [0.1, 0.15) is 40.5 Å². The first-order valence-electron chi connectivity index (χ1n) is 5.51. The van der Waals surface area contributed by atoms with Gasteiger partial charge in [-0.15, -0.1) is 11.6 Å². The van der Waals surface area contributed by atoms with Crippen LogP contribution in [-0.4, -0.2) is 29.3 Å². The third-order valence-electron chi connectivity index (χ3n) is 2.55. The first-order valence-corrected chi connectivity index (χ1v) is 5.94. The number of nitrogens with zero attached hydrogens (tertiary/aromatic N) is 1. The third kappa shape index (κ3) is 3.87. The van der Waals surface area contributed by atoms with Crippen LogP contribution in [0.4, 0.5) is 0 Å². The van der Waals surface area contributed by atoms with Crippen LogP contribution in [0, 0.1) is 5.92 Å². The van der Waals surface area contributed by atoms with E-state index in [1.165, 1.54) is 0 Å². The molecule has 14 heavy (non-hydrogen) atoms. The average molecular weight is 220 g/mol. The lowest BCUT2D eigenvalue weighted by atomic mass is 10.0. The molecule has 0 aliphatic heterocycles.